The number of nitrogen functional groups attached to an aromatic ring is 1. The van der Waals surface area contributed by atoms with E-state index in [1.165, 1.54) is 0 Å². The van der Waals surface area contributed by atoms with Crippen molar-refractivity contribution < 1.29 is 4.79 Å². The molecule has 1 aliphatic rings. The molecule has 38 heavy (non-hydrogen) atoms. The zero-order chi connectivity index (χ0) is 28.0. The minimum Gasteiger partial charge on any atom is -0.368 e. The SMILES string of the molecule is CC=CC(Cl)=C(C(=O)N(C(=CCCC)C1C(C)CN1c1nc(C)nc(N)n1)c1ccccc1)C(C)C(C)C. The van der Waals surface area contributed by atoms with E-state index >= 15 is 0 Å². The summed E-state index contributed by atoms with van der Waals surface area (Å²) in [6.45, 7) is 15.1. The molecule has 0 saturated carbocycles. The van der Waals surface area contributed by atoms with E-state index in [2.05, 4.69) is 60.5 Å². The minimum absolute atomic E-state index is 0.0502. The molecule has 1 aromatic heterocycles. The number of hydrogen-bond acceptors (Lipinski definition) is 6. The minimum atomic E-state index is -0.122. The number of aromatic nitrogens is 3. The first kappa shape index (κ1) is 29.4. The van der Waals surface area contributed by atoms with Gasteiger partial charge in [0.25, 0.3) is 5.91 Å². The van der Waals surface area contributed by atoms with Crippen LogP contribution in [0, 0.1) is 24.7 Å². The Labute approximate surface area is 232 Å². The largest absolute Gasteiger partial charge is 0.368 e. The lowest BCUT2D eigenvalue weighted by molar-refractivity contribution is -0.115. The Morgan fingerprint density at radius 3 is 2.45 bits per heavy atom. The van der Waals surface area contributed by atoms with Crippen molar-refractivity contribution in [3.63, 3.8) is 0 Å². The maximum absolute atomic E-state index is 14.6. The smallest absolute Gasteiger partial charge is 0.260 e. The number of rotatable bonds is 10. The second-order valence-electron chi connectivity index (χ2n) is 10.3. The molecule has 3 rings (SSSR count). The quantitative estimate of drug-likeness (QED) is 0.269. The van der Waals surface area contributed by atoms with Crippen LogP contribution in [0.5, 0.6) is 0 Å². The van der Waals surface area contributed by atoms with Crippen LogP contribution in [0.25, 0.3) is 0 Å². The number of hydrogen-bond donors (Lipinski definition) is 1. The highest BCUT2D eigenvalue weighted by molar-refractivity contribution is 6.34. The molecule has 1 aromatic carbocycles. The number of para-hydroxylation sites is 1. The van der Waals surface area contributed by atoms with E-state index in [0.717, 1.165) is 30.8 Å². The van der Waals surface area contributed by atoms with Gasteiger partial charge in [0.1, 0.15) is 5.82 Å². The van der Waals surface area contributed by atoms with Gasteiger partial charge in [-0.15, -0.1) is 0 Å². The number of carbonyl (C=O) groups excluding carboxylic acids is 1. The average molecular weight is 537 g/mol. The molecule has 0 radical (unpaired) electrons. The van der Waals surface area contributed by atoms with Gasteiger partial charge >= 0.3 is 0 Å². The van der Waals surface area contributed by atoms with Gasteiger partial charge in [-0.05, 0) is 56.2 Å². The zero-order valence-electron chi connectivity index (χ0n) is 23.6. The molecule has 0 spiro atoms. The molecule has 3 atom stereocenters. The second kappa shape index (κ2) is 13.1. The number of halogens is 1. The van der Waals surface area contributed by atoms with Crippen LogP contribution in [0.15, 0.2) is 64.9 Å². The zero-order valence-corrected chi connectivity index (χ0v) is 24.4. The highest BCUT2D eigenvalue weighted by atomic mass is 35.5. The van der Waals surface area contributed by atoms with Crippen molar-refractivity contribution in [3.05, 3.63) is 70.7 Å². The summed E-state index contributed by atoms with van der Waals surface area (Å²) >= 11 is 6.81. The number of amides is 1. The fourth-order valence-electron chi connectivity index (χ4n) is 4.77. The van der Waals surface area contributed by atoms with Crippen LogP contribution in [-0.4, -0.2) is 33.4 Å². The summed E-state index contributed by atoms with van der Waals surface area (Å²) in [4.78, 5) is 31.8. The summed E-state index contributed by atoms with van der Waals surface area (Å²) < 4.78 is 0. The van der Waals surface area contributed by atoms with Gasteiger partial charge in [-0.3, -0.25) is 9.69 Å². The van der Waals surface area contributed by atoms with Crippen molar-refractivity contribution in [3.8, 4) is 0 Å². The van der Waals surface area contributed by atoms with E-state index in [0.29, 0.717) is 22.4 Å². The van der Waals surface area contributed by atoms with Crippen molar-refractivity contribution in [1.29, 1.82) is 0 Å². The molecular weight excluding hydrogens is 496 g/mol. The molecule has 2 heterocycles. The average Bonchev–Trinajstić information content (AvgIpc) is 2.86. The highest BCUT2D eigenvalue weighted by Crippen LogP contribution is 2.39. The number of aryl methyl sites for hydroxylation is 1. The van der Waals surface area contributed by atoms with E-state index in [1.54, 1.807) is 13.0 Å². The predicted molar refractivity (Wildman–Crippen MR) is 158 cm³/mol. The van der Waals surface area contributed by atoms with Crippen LogP contribution in [0.1, 0.15) is 60.2 Å². The summed E-state index contributed by atoms with van der Waals surface area (Å²) in [6.07, 6.45) is 7.62. The molecule has 7 nitrogen and oxygen atoms in total. The summed E-state index contributed by atoms with van der Waals surface area (Å²) in [5, 5.41) is 0.467. The number of anilines is 3. The molecule has 1 aliphatic heterocycles. The van der Waals surface area contributed by atoms with E-state index < -0.39 is 0 Å². The Kier molecular flexibility index (Phi) is 10.1. The number of allylic oxidation sites excluding steroid dienone is 4. The van der Waals surface area contributed by atoms with Gasteiger partial charge in [0.15, 0.2) is 0 Å². The van der Waals surface area contributed by atoms with Crippen LogP contribution in [0.4, 0.5) is 17.6 Å². The molecule has 1 saturated heterocycles. The Balaban J connectivity index is 2.22. The number of nitrogens with zero attached hydrogens (tertiary/aromatic N) is 5. The molecule has 3 unspecified atom stereocenters. The predicted octanol–water partition coefficient (Wildman–Crippen LogP) is 6.67. The lowest BCUT2D eigenvalue weighted by atomic mass is 9.85. The molecule has 0 bridgehead atoms. The maximum Gasteiger partial charge on any atom is 0.260 e. The fraction of sp³-hybridized carbons (Fsp3) is 0.467. The lowest BCUT2D eigenvalue weighted by Crippen LogP contribution is -2.60. The third-order valence-corrected chi connectivity index (χ3v) is 7.38. The fourth-order valence-corrected chi connectivity index (χ4v) is 5.15. The normalized spacial score (nSPS) is 19.4. The topological polar surface area (TPSA) is 88.2 Å². The Hall–Kier alpha value is -3.19. The van der Waals surface area contributed by atoms with E-state index in [1.807, 2.05) is 48.2 Å². The molecule has 2 aromatic rings. The summed E-state index contributed by atoms with van der Waals surface area (Å²) in [5.74, 6) is 1.60. The van der Waals surface area contributed by atoms with Crippen molar-refractivity contribution >= 4 is 35.1 Å². The van der Waals surface area contributed by atoms with Crippen molar-refractivity contribution in [2.24, 2.45) is 17.8 Å². The molecule has 2 N–H and O–H groups in total. The lowest BCUT2D eigenvalue weighted by Gasteiger charge is -2.50. The highest BCUT2D eigenvalue weighted by Gasteiger charge is 2.44. The van der Waals surface area contributed by atoms with Crippen molar-refractivity contribution in [2.75, 3.05) is 22.1 Å². The summed E-state index contributed by atoms with van der Waals surface area (Å²) in [6, 6.07) is 9.68. The summed E-state index contributed by atoms with van der Waals surface area (Å²) in [7, 11) is 0. The van der Waals surface area contributed by atoms with Gasteiger partial charge in [-0.1, -0.05) is 83.0 Å². The molecule has 1 amide bonds. The monoisotopic (exact) mass is 536 g/mol. The standard InChI is InChI=1S/C30H41ClN6O/c1-8-10-17-25(27-20(5)18-36(27)30-34-22(7)33-29(32)35-30)37(23-15-12-11-13-16-23)28(38)26(21(6)19(3)4)24(31)14-9-2/h9,11-17,19-21,27H,8,10,18H2,1-7H3,(H2,32,33,34,35). The molecule has 8 heteroatoms. The van der Waals surface area contributed by atoms with Crippen molar-refractivity contribution in [2.45, 2.75) is 67.3 Å². The van der Waals surface area contributed by atoms with Crippen LogP contribution >= 0.6 is 11.6 Å². The first-order valence-electron chi connectivity index (χ1n) is 13.5. The van der Waals surface area contributed by atoms with Gasteiger partial charge in [0.05, 0.1) is 6.04 Å². The third-order valence-electron chi connectivity index (χ3n) is 7.05. The number of benzene rings is 1. The third kappa shape index (κ3) is 6.44. The second-order valence-corrected chi connectivity index (χ2v) is 10.7. The van der Waals surface area contributed by atoms with E-state index in [4.69, 9.17) is 17.3 Å². The Morgan fingerprint density at radius 1 is 1.21 bits per heavy atom. The van der Waals surface area contributed by atoms with E-state index in [-0.39, 0.29) is 35.7 Å². The van der Waals surface area contributed by atoms with Crippen molar-refractivity contribution in [1.82, 2.24) is 15.0 Å². The van der Waals surface area contributed by atoms with Gasteiger partial charge in [-0.25, -0.2) is 0 Å². The molecule has 1 fully saturated rings. The van der Waals surface area contributed by atoms with Gasteiger partial charge in [0, 0.05) is 28.5 Å². The van der Waals surface area contributed by atoms with Crippen LogP contribution in [0.2, 0.25) is 0 Å². The van der Waals surface area contributed by atoms with Crippen LogP contribution in [-0.2, 0) is 4.79 Å². The van der Waals surface area contributed by atoms with Gasteiger partial charge in [0.2, 0.25) is 11.9 Å². The number of nitrogens with two attached hydrogens (primary N) is 1. The van der Waals surface area contributed by atoms with Gasteiger partial charge < -0.3 is 10.6 Å². The maximum atomic E-state index is 14.6. The van der Waals surface area contributed by atoms with Gasteiger partial charge in [-0.2, -0.15) is 15.0 Å². The first-order chi connectivity index (χ1) is 18.1. The molecular formula is C30H41ClN6O. The molecule has 204 valence electrons. The summed E-state index contributed by atoms with van der Waals surface area (Å²) in [5.41, 5.74) is 8.28. The number of carbonyl (C=O) groups is 1. The first-order valence-corrected chi connectivity index (χ1v) is 13.8. The number of unbranched alkanes of at least 4 members (excludes halogenated alkanes) is 1. The van der Waals surface area contributed by atoms with E-state index in [9.17, 15) is 4.79 Å². The Bertz CT molecular complexity index is 1190. The van der Waals surface area contributed by atoms with Crippen LogP contribution < -0.4 is 15.5 Å². The van der Waals surface area contributed by atoms with Crippen LogP contribution in [0.3, 0.4) is 0 Å². The molecule has 0 aliphatic carbocycles. The Morgan fingerprint density at radius 2 is 1.89 bits per heavy atom.